The molecule has 9 heteroatoms. The molecule has 164 valence electrons. The van der Waals surface area contributed by atoms with E-state index in [-0.39, 0.29) is 29.9 Å². The first-order chi connectivity index (χ1) is 13.7. The highest BCUT2D eigenvalue weighted by molar-refractivity contribution is 14.0. The van der Waals surface area contributed by atoms with Crippen molar-refractivity contribution >= 4 is 35.8 Å². The number of primary amides is 1. The van der Waals surface area contributed by atoms with Gasteiger partial charge in [0.25, 0.3) is 0 Å². The molecule has 0 saturated carbocycles. The second kappa shape index (κ2) is 13.1. The first kappa shape index (κ1) is 23.9. The summed E-state index contributed by atoms with van der Waals surface area (Å²) in [6.45, 7) is 7.79. The standard InChI is InChI=1S/C20H33N5O3.HI/c21-19(26)15-17-3-1-8-25(16-17)20(22-6-5-18-4-2-12-28-18)23-7-9-24-10-13-27-14-11-24;/h2,4,12,17H,1,3,5-11,13-16H2,(H2,21,26)(H,22,23);1H. The highest BCUT2D eigenvalue weighted by atomic mass is 127. The number of morpholine rings is 1. The molecule has 3 heterocycles. The number of amides is 1. The van der Waals surface area contributed by atoms with Crippen molar-refractivity contribution in [2.75, 3.05) is 59.0 Å². The van der Waals surface area contributed by atoms with Crippen molar-refractivity contribution < 1.29 is 13.9 Å². The van der Waals surface area contributed by atoms with E-state index in [1.807, 2.05) is 12.1 Å². The molecule has 2 fully saturated rings. The quantitative estimate of drug-likeness (QED) is 0.306. The van der Waals surface area contributed by atoms with Crippen LogP contribution in [0.1, 0.15) is 25.0 Å². The number of aliphatic imine (C=N–C) groups is 1. The molecular weight excluding hydrogens is 485 g/mol. The van der Waals surface area contributed by atoms with Crippen molar-refractivity contribution in [3.05, 3.63) is 24.2 Å². The number of hydrogen-bond donors (Lipinski definition) is 2. The van der Waals surface area contributed by atoms with Crippen LogP contribution >= 0.6 is 24.0 Å². The van der Waals surface area contributed by atoms with Crippen molar-refractivity contribution in [1.29, 1.82) is 0 Å². The molecule has 0 spiro atoms. The zero-order valence-corrected chi connectivity index (χ0v) is 19.4. The minimum absolute atomic E-state index is 0. The fourth-order valence-electron chi connectivity index (χ4n) is 3.85. The van der Waals surface area contributed by atoms with Gasteiger partial charge in [0.1, 0.15) is 5.76 Å². The van der Waals surface area contributed by atoms with Crippen molar-refractivity contribution in [2.24, 2.45) is 16.6 Å². The SMILES string of the molecule is I.NC(=O)CC1CCCN(C(=NCCN2CCOCC2)NCCc2ccco2)C1. The van der Waals surface area contributed by atoms with E-state index in [1.54, 1.807) is 6.26 Å². The van der Waals surface area contributed by atoms with Crippen molar-refractivity contribution in [3.8, 4) is 0 Å². The predicted molar refractivity (Wildman–Crippen MR) is 123 cm³/mol. The minimum atomic E-state index is -0.219. The number of nitrogens with one attached hydrogen (secondary N) is 1. The Morgan fingerprint density at radius 3 is 2.86 bits per heavy atom. The first-order valence-corrected chi connectivity index (χ1v) is 10.3. The lowest BCUT2D eigenvalue weighted by molar-refractivity contribution is -0.119. The molecule has 0 radical (unpaired) electrons. The van der Waals surface area contributed by atoms with Crippen LogP contribution in [-0.4, -0.2) is 80.7 Å². The summed E-state index contributed by atoms with van der Waals surface area (Å²) < 4.78 is 10.8. The topological polar surface area (TPSA) is 96.3 Å². The number of carbonyl (C=O) groups excluding carboxylic acids is 1. The van der Waals surface area contributed by atoms with E-state index in [9.17, 15) is 4.79 Å². The summed E-state index contributed by atoms with van der Waals surface area (Å²) in [7, 11) is 0. The van der Waals surface area contributed by atoms with Gasteiger partial charge >= 0.3 is 0 Å². The summed E-state index contributed by atoms with van der Waals surface area (Å²) in [4.78, 5) is 20.9. The highest BCUT2D eigenvalue weighted by Crippen LogP contribution is 2.19. The monoisotopic (exact) mass is 519 g/mol. The number of guanidine groups is 1. The Balaban J connectivity index is 0.00000300. The zero-order valence-electron chi connectivity index (χ0n) is 17.1. The summed E-state index contributed by atoms with van der Waals surface area (Å²) in [5, 5.41) is 3.50. The molecular formula is C20H34IN5O3. The highest BCUT2D eigenvalue weighted by Gasteiger charge is 2.23. The number of nitrogens with two attached hydrogens (primary N) is 1. The number of rotatable bonds is 8. The van der Waals surface area contributed by atoms with Gasteiger partial charge in [0, 0.05) is 52.1 Å². The molecule has 8 nitrogen and oxygen atoms in total. The molecule has 2 saturated heterocycles. The zero-order chi connectivity index (χ0) is 19.6. The normalized spacial score (nSPS) is 20.9. The van der Waals surface area contributed by atoms with Crippen molar-refractivity contribution in [3.63, 3.8) is 0 Å². The van der Waals surface area contributed by atoms with Crippen LogP contribution in [0.2, 0.25) is 0 Å². The summed E-state index contributed by atoms with van der Waals surface area (Å²) in [6.07, 6.45) is 5.07. The van der Waals surface area contributed by atoms with E-state index in [0.717, 1.165) is 90.0 Å². The van der Waals surface area contributed by atoms with Gasteiger partial charge in [0.05, 0.1) is 26.0 Å². The fraction of sp³-hybridized carbons (Fsp3) is 0.700. The van der Waals surface area contributed by atoms with Gasteiger partial charge in [0.2, 0.25) is 5.91 Å². The van der Waals surface area contributed by atoms with Gasteiger partial charge < -0.3 is 25.1 Å². The molecule has 1 amide bonds. The van der Waals surface area contributed by atoms with Gasteiger partial charge in [-0.1, -0.05) is 0 Å². The number of hydrogen-bond acceptors (Lipinski definition) is 5. The summed E-state index contributed by atoms with van der Waals surface area (Å²) >= 11 is 0. The summed E-state index contributed by atoms with van der Waals surface area (Å²) in [5.74, 6) is 1.98. The number of carbonyl (C=O) groups is 1. The van der Waals surface area contributed by atoms with Gasteiger partial charge in [-0.3, -0.25) is 14.7 Å². The van der Waals surface area contributed by atoms with Crippen molar-refractivity contribution in [2.45, 2.75) is 25.7 Å². The van der Waals surface area contributed by atoms with Gasteiger partial charge in [-0.05, 0) is 30.9 Å². The predicted octanol–water partition coefficient (Wildman–Crippen LogP) is 1.31. The lowest BCUT2D eigenvalue weighted by Crippen LogP contribution is -2.48. The average Bonchev–Trinajstić information content (AvgIpc) is 3.21. The van der Waals surface area contributed by atoms with Crippen LogP contribution in [0.3, 0.4) is 0 Å². The molecule has 3 N–H and O–H groups in total. The molecule has 1 unspecified atom stereocenters. The average molecular weight is 519 g/mol. The molecule has 0 aliphatic carbocycles. The maximum absolute atomic E-state index is 11.3. The lowest BCUT2D eigenvalue weighted by atomic mass is 9.95. The number of halogens is 1. The summed E-state index contributed by atoms with van der Waals surface area (Å²) in [5.41, 5.74) is 5.41. The van der Waals surface area contributed by atoms with Gasteiger partial charge in [-0.25, -0.2) is 0 Å². The van der Waals surface area contributed by atoms with E-state index in [0.29, 0.717) is 12.3 Å². The molecule has 1 aromatic rings. The maximum atomic E-state index is 11.3. The molecule has 3 rings (SSSR count). The van der Waals surface area contributed by atoms with E-state index < -0.39 is 0 Å². The largest absolute Gasteiger partial charge is 0.469 e. The third-order valence-corrected chi connectivity index (χ3v) is 5.32. The Bertz CT molecular complexity index is 620. The number of likely N-dealkylation sites (tertiary alicyclic amines) is 1. The smallest absolute Gasteiger partial charge is 0.217 e. The number of ether oxygens (including phenoxy) is 1. The van der Waals surface area contributed by atoms with E-state index >= 15 is 0 Å². The van der Waals surface area contributed by atoms with Crippen LogP contribution in [0.4, 0.5) is 0 Å². The van der Waals surface area contributed by atoms with Crippen LogP contribution in [-0.2, 0) is 16.0 Å². The number of nitrogens with zero attached hydrogens (tertiary/aromatic N) is 3. The van der Waals surface area contributed by atoms with Gasteiger partial charge in [-0.2, -0.15) is 0 Å². The van der Waals surface area contributed by atoms with Crippen LogP contribution in [0.15, 0.2) is 27.8 Å². The van der Waals surface area contributed by atoms with Gasteiger partial charge in [0.15, 0.2) is 5.96 Å². The second-order valence-corrected chi connectivity index (χ2v) is 7.54. The van der Waals surface area contributed by atoms with Gasteiger partial charge in [-0.15, -0.1) is 24.0 Å². The third-order valence-electron chi connectivity index (χ3n) is 5.32. The number of furan rings is 1. The van der Waals surface area contributed by atoms with E-state index in [4.69, 9.17) is 19.9 Å². The van der Waals surface area contributed by atoms with Crippen molar-refractivity contribution in [1.82, 2.24) is 15.1 Å². The third kappa shape index (κ3) is 8.51. The minimum Gasteiger partial charge on any atom is -0.469 e. The maximum Gasteiger partial charge on any atom is 0.217 e. The molecule has 1 aromatic heterocycles. The Hall–Kier alpha value is -1.33. The molecule has 2 aliphatic heterocycles. The second-order valence-electron chi connectivity index (χ2n) is 7.54. The van der Waals surface area contributed by atoms with Crippen LogP contribution in [0.5, 0.6) is 0 Å². The molecule has 1 atom stereocenters. The first-order valence-electron chi connectivity index (χ1n) is 10.3. The Labute approximate surface area is 190 Å². The lowest BCUT2D eigenvalue weighted by Gasteiger charge is -2.35. The van der Waals surface area contributed by atoms with Crippen LogP contribution in [0.25, 0.3) is 0 Å². The molecule has 0 bridgehead atoms. The molecule has 2 aliphatic rings. The van der Waals surface area contributed by atoms with E-state index in [1.165, 1.54) is 0 Å². The fourth-order valence-corrected chi connectivity index (χ4v) is 3.85. The Morgan fingerprint density at radius 2 is 2.14 bits per heavy atom. The van der Waals surface area contributed by atoms with E-state index in [2.05, 4.69) is 15.1 Å². The number of piperidine rings is 1. The molecule has 29 heavy (non-hydrogen) atoms. The van der Waals surface area contributed by atoms with Crippen LogP contribution < -0.4 is 11.1 Å². The summed E-state index contributed by atoms with van der Waals surface area (Å²) in [6, 6.07) is 3.90. The van der Waals surface area contributed by atoms with Crippen LogP contribution in [0, 0.1) is 5.92 Å². The molecule has 0 aromatic carbocycles. The Kier molecular flexibility index (Phi) is 10.8. The Morgan fingerprint density at radius 1 is 1.31 bits per heavy atom.